The molecule has 5 heteroatoms. The van der Waals surface area contributed by atoms with Crippen molar-refractivity contribution in [1.82, 2.24) is 10.2 Å². The van der Waals surface area contributed by atoms with Crippen LogP contribution in [0.2, 0.25) is 5.02 Å². The Kier molecular flexibility index (Phi) is 3.99. The number of piperazine rings is 1. The number of nitrogens with one attached hydrogen (secondary N) is 1. The lowest BCUT2D eigenvalue weighted by atomic mass is 10.0. The Labute approximate surface area is 121 Å². The second-order valence-electron chi connectivity index (χ2n) is 5.01. The molecule has 0 aliphatic carbocycles. The smallest absolute Gasteiger partial charge is 0.242 e. The molecule has 0 spiro atoms. The lowest BCUT2D eigenvalue weighted by Gasteiger charge is -2.38. The van der Waals surface area contributed by atoms with E-state index in [2.05, 4.69) is 21.2 Å². The highest BCUT2D eigenvalue weighted by Gasteiger charge is 2.35. The molecule has 0 saturated carbocycles. The van der Waals surface area contributed by atoms with Crippen LogP contribution in [0.4, 0.5) is 0 Å². The van der Waals surface area contributed by atoms with Gasteiger partial charge in [0.1, 0.15) is 0 Å². The van der Waals surface area contributed by atoms with Gasteiger partial charge in [-0.15, -0.1) is 0 Å². The number of carbonyl (C=O) groups is 1. The van der Waals surface area contributed by atoms with E-state index in [0.29, 0.717) is 18.1 Å². The van der Waals surface area contributed by atoms with Crippen LogP contribution in [0, 0.1) is 0 Å². The second kappa shape index (κ2) is 5.19. The summed E-state index contributed by atoms with van der Waals surface area (Å²) in [7, 11) is 0. The summed E-state index contributed by atoms with van der Waals surface area (Å²) in [5, 5.41) is 3.90. The van der Waals surface area contributed by atoms with Crippen LogP contribution in [0.15, 0.2) is 22.7 Å². The van der Waals surface area contributed by atoms with Crippen molar-refractivity contribution in [3.63, 3.8) is 0 Å². The van der Waals surface area contributed by atoms with Gasteiger partial charge in [0.25, 0.3) is 0 Å². The molecule has 1 fully saturated rings. The summed E-state index contributed by atoms with van der Waals surface area (Å²) in [5.41, 5.74) is 0.492. The Morgan fingerprint density at radius 1 is 1.50 bits per heavy atom. The van der Waals surface area contributed by atoms with E-state index >= 15 is 0 Å². The number of carbonyl (C=O) groups excluding carboxylic acids is 1. The lowest BCUT2D eigenvalue weighted by molar-refractivity contribution is -0.140. The summed E-state index contributed by atoms with van der Waals surface area (Å²) in [6.07, 6.45) is 0. The van der Waals surface area contributed by atoms with Gasteiger partial charge in [0.15, 0.2) is 0 Å². The molecule has 1 saturated heterocycles. The van der Waals surface area contributed by atoms with Crippen molar-refractivity contribution in [3.8, 4) is 0 Å². The maximum Gasteiger partial charge on any atom is 0.242 e. The maximum absolute atomic E-state index is 12.2. The Morgan fingerprint density at radius 3 is 2.89 bits per heavy atom. The van der Waals surface area contributed by atoms with Crippen LogP contribution >= 0.6 is 27.5 Å². The largest absolute Gasteiger partial charge is 0.335 e. The molecule has 98 valence electrons. The van der Waals surface area contributed by atoms with Crippen LogP contribution in [-0.4, -0.2) is 29.4 Å². The molecule has 1 heterocycles. The van der Waals surface area contributed by atoms with Gasteiger partial charge < -0.3 is 10.2 Å². The SMILES string of the molecule is CC1(C)NCCN(Cc2ccc(Br)cc2Cl)C1=O. The van der Waals surface area contributed by atoms with Gasteiger partial charge in [-0.3, -0.25) is 4.79 Å². The number of benzene rings is 1. The first-order chi connectivity index (χ1) is 8.40. The minimum atomic E-state index is -0.486. The van der Waals surface area contributed by atoms with Crippen LogP contribution in [-0.2, 0) is 11.3 Å². The zero-order valence-electron chi connectivity index (χ0n) is 10.5. The Hall–Kier alpha value is -0.580. The number of rotatable bonds is 2. The molecule has 2 rings (SSSR count). The average molecular weight is 332 g/mol. The fourth-order valence-electron chi connectivity index (χ4n) is 2.08. The molecular weight excluding hydrogens is 316 g/mol. The first-order valence-electron chi connectivity index (χ1n) is 5.88. The molecule has 0 unspecified atom stereocenters. The third-order valence-corrected chi connectivity index (χ3v) is 3.99. The predicted molar refractivity (Wildman–Crippen MR) is 76.7 cm³/mol. The molecule has 0 radical (unpaired) electrons. The molecule has 1 aliphatic rings. The number of amides is 1. The molecule has 1 aliphatic heterocycles. The van der Waals surface area contributed by atoms with Gasteiger partial charge in [-0.25, -0.2) is 0 Å². The summed E-state index contributed by atoms with van der Waals surface area (Å²) in [5.74, 6) is 0.118. The summed E-state index contributed by atoms with van der Waals surface area (Å²) in [6.45, 7) is 5.91. The topological polar surface area (TPSA) is 32.3 Å². The fraction of sp³-hybridized carbons (Fsp3) is 0.462. The molecule has 0 bridgehead atoms. The van der Waals surface area contributed by atoms with E-state index in [1.807, 2.05) is 36.9 Å². The lowest BCUT2D eigenvalue weighted by Crippen LogP contribution is -2.60. The van der Waals surface area contributed by atoms with Crippen molar-refractivity contribution in [2.75, 3.05) is 13.1 Å². The van der Waals surface area contributed by atoms with E-state index in [1.54, 1.807) is 0 Å². The van der Waals surface area contributed by atoms with E-state index in [0.717, 1.165) is 16.6 Å². The molecule has 18 heavy (non-hydrogen) atoms. The Bertz CT molecular complexity index is 476. The number of nitrogens with zero attached hydrogens (tertiary/aromatic N) is 1. The standard InChI is InChI=1S/C13H16BrClN2O/c1-13(2)12(18)17(6-5-16-13)8-9-3-4-10(14)7-11(9)15/h3-4,7,16H,5-6,8H2,1-2H3. The molecule has 1 aromatic rings. The van der Waals surface area contributed by atoms with Gasteiger partial charge >= 0.3 is 0 Å². The van der Waals surface area contributed by atoms with Gasteiger partial charge in [0.05, 0.1) is 5.54 Å². The van der Waals surface area contributed by atoms with E-state index in [4.69, 9.17) is 11.6 Å². The molecule has 0 aromatic heterocycles. The Morgan fingerprint density at radius 2 is 2.22 bits per heavy atom. The monoisotopic (exact) mass is 330 g/mol. The highest BCUT2D eigenvalue weighted by molar-refractivity contribution is 9.10. The molecule has 1 aromatic carbocycles. The van der Waals surface area contributed by atoms with E-state index in [9.17, 15) is 4.79 Å². The van der Waals surface area contributed by atoms with Crippen LogP contribution < -0.4 is 5.32 Å². The van der Waals surface area contributed by atoms with Crippen molar-refractivity contribution in [3.05, 3.63) is 33.3 Å². The normalized spacial score (nSPS) is 19.1. The van der Waals surface area contributed by atoms with E-state index in [-0.39, 0.29) is 5.91 Å². The van der Waals surface area contributed by atoms with Crippen molar-refractivity contribution in [1.29, 1.82) is 0 Å². The summed E-state index contributed by atoms with van der Waals surface area (Å²) in [6, 6.07) is 5.75. The van der Waals surface area contributed by atoms with Crippen LogP contribution in [0.3, 0.4) is 0 Å². The minimum Gasteiger partial charge on any atom is -0.335 e. The van der Waals surface area contributed by atoms with E-state index < -0.39 is 5.54 Å². The summed E-state index contributed by atoms with van der Waals surface area (Å²) < 4.78 is 0.947. The summed E-state index contributed by atoms with van der Waals surface area (Å²) in [4.78, 5) is 14.1. The Balaban J connectivity index is 2.16. The molecule has 1 N–H and O–H groups in total. The highest BCUT2D eigenvalue weighted by Crippen LogP contribution is 2.24. The van der Waals surface area contributed by atoms with Crippen LogP contribution in [0.25, 0.3) is 0 Å². The van der Waals surface area contributed by atoms with Crippen molar-refractivity contribution in [2.45, 2.75) is 25.9 Å². The molecule has 1 amide bonds. The first-order valence-corrected chi connectivity index (χ1v) is 7.05. The number of halogens is 2. The van der Waals surface area contributed by atoms with Gasteiger partial charge in [0.2, 0.25) is 5.91 Å². The second-order valence-corrected chi connectivity index (χ2v) is 6.34. The molecule has 0 atom stereocenters. The van der Waals surface area contributed by atoms with Gasteiger partial charge in [0, 0.05) is 29.1 Å². The quantitative estimate of drug-likeness (QED) is 0.904. The zero-order chi connectivity index (χ0) is 13.3. The van der Waals surface area contributed by atoms with Crippen molar-refractivity contribution in [2.24, 2.45) is 0 Å². The fourth-order valence-corrected chi connectivity index (χ4v) is 2.82. The first kappa shape index (κ1) is 13.8. The van der Waals surface area contributed by atoms with Crippen molar-refractivity contribution >= 4 is 33.4 Å². The van der Waals surface area contributed by atoms with Crippen molar-refractivity contribution < 1.29 is 4.79 Å². The highest BCUT2D eigenvalue weighted by atomic mass is 79.9. The summed E-state index contributed by atoms with van der Waals surface area (Å²) >= 11 is 9.56. The number of hydrogen-bond acceptors (Lipinski definition) is 2. The zero-order valence-corrected chi connectivity index (χ0v) is 12.8. The van der Waals surface area contributed by atoms with E-state index in [1.165, 1.54) is 0 Å². The van der Waals surface area contributed by atoms with Gasteiger partial charge in [-0.05, 0) is 31.5 Å². The van der Waals surface area contributed by atoms with Gasteiger partial charge in [-0.1, -0.05) is 33.6 Å². The van der Waals surface area contributed by atoms with Gasteiger partial charge in [-0.2, -0.15) is 0 Å². The predicted octanol–water partition coefficient (Wildman–Crippen LogP) is 2.81. The minimum absolute atomic E-state index is 0.118. The van der Waals surface area contributed by atoms with Crippen LogP contribution in [0.1, 0.15) is 19.4 Å². The van der Waals surface area contributed by atoms with Crippen LogP contribution in [0.5, 0.6) is 0 Å². The maximum atomic E-state index is 12.2. The molecular formula is C13H16BrClN2O. The third kappa shape index (κ3) is 2.87. The third-order valence-electron chi connectivity index (χ3n) is 3.15. The molecule has 3 nitrogen and oxygen atoms in total. The average Bonchev–Trinajstić information content (AvgIpc) is 2.28. The number of hydrogen-bond donors (Lipinski definition) is 1.